The van der Waals surface area contributed by atoms with Crippen LogP contribution in [0.4, 0.5) is 0 Å². The van der Waals surface area contributed by atoms with Gasteiger partial charge in [-0.15, -0.1) is 0 Å². The molecule has 1 saturated heterocycles. The molecule has 2 unspecified atom stereocenters. The van der Waals surface area contributed by atoms with Crippen LogP contribution in [0.25, 0.3) is 5.57 Å². The van der Waals surface area contributed by atoms with Crippen molar-refractivity contribution in [3.8, 4) is 0 Å². The van der Waals surface area contributed by atoms with Crippen molar-refractivity contribution in [1.29, 1.82) is 0 Å². The van der Waals surface area contributed by atoms with Crippen molar-refractivity contribution in [2.24, 2.45) is 5.92 Å². The molecule has 1 aliphatic rings. The van der Waals surface area contributed by atoms with E-state index in [-0.39, 0.29) is 12.0 Å². The number of nitrogens with one attached hydrogen (secondary N) is 1. The SMILES string of the molecule is C=C(C)c1cccc(C2CC(C(=O)O)CN2)c1. The third-order valence-corrected chi connectivity index (χ3v) is 3.26. The topological polar surface area (TPSA) is 49.3 Å². The second-order valence-corrected chi connectivity index (χ2v) is 4.64. The van der Waals surface area contributed by atoms with Gasteiger partial charge in [0.05, 0.1) is 5.92 Å². The number of hydrogen-bond acceptors (Lipinski definition) is 2. The highest BCUT2D eigenvalue weighted by Crippen LogP contribution is 2.28. The van der Waals surface area contributed by atoms with Crippen LogP contribution in [0.2, 0.25) is 0 Å². The average molecular weight is 231 g/mol. The Hall–Kier alpha value is -1.61. The number of rotatable bonds is 3. The van der Waals surface area contributed by atoms with E-state index in [9.17, 15) is 4.79 Å². The van der Waals surface area contributed by atoms with Crippen molar-refractivity contribution in [2.75, 3.05) is 6.54 Å². The maximum Gasteiger partial charge on any atom is 0.307 e. The number of carboxylic acids is 1. The maximum atomic E-state index is 10.9. The number of hydrogen-bond donors (Lipinski definition) is 2. The Morgan fingerprint density at radius 1 is 1.53 bits per heavy atom. The summed E-state index contributed by atoms with van der Waals surface area (Å²) in [6.45, 7) is 6.45. The monoisotopic (exact) mass is 231 g/mol. The molecule has 2 atom stereocenters. The zero-order chi connectivity index (χ0) is 12.4. The molecule has 0 spiro atoms. The van der Waals surface area contributed by atoms with Gasteiger partial charge in [0.1, 0.15) is 0 Å². The molecule has 3 nitrogen and oxygen atoms in total. The van der Waals surface area contributed by atoms with E-state index in [0.717, 1.165) is 16.7 Å². The van der Waals surface area contributed by atoms with E-state index in [1.807, 2.05) is 25.1 Å². The lowest BCUT2D eigenvalue weighted by atomic mass is 9.97. The van der Waals surface area contributed by atoms with Crippen molar-refractivity contribution in [3.63, 3.8) is 0 Å². The van der Waals surface area contributed by atoms with Crippen LogP contribution in [-0.4, -0.2) is 17.6 Å². The molecule has 0 radical (unpaired) electrons. The second kappa shape index (κ2) is 4.72. The number of carboxylic acid groups (broad SMARTS) is 1. The van der Waals surface area contributed by atoms with Gasteiger partial charge in [0.2, 0.25) is 0 Å². The molecule has 1 heterocycles. The Morgan fingerprint density at radius 2 is 2.29 bits per heavy atom. The van der Waals surface area contributed by atoms with E-state index < -0.39 is 5.97 Å². The largest absolute Gasteiger partial charge is 0.481 e. The van der Waals surface area contributed by atoms with Gasteiger partial charge in [-0.1, -0.05) is 30.4 Å². The van der Waals surface area contributed by atoms with Gasteiger partial charge >= 0.3 is 5.97 Å². The summed E-state index contributed by atoms with van der Waals surface area (Å²) in [4.78, 5) is 10.9. The van der Waals surface area contributed by atoms with Gasteiger partial charge in [0.15, 0.2) is 0 Å². The van der Waals surface area contributed by atoms with Gasteiger partial charge < -0.3 is 10.4 Å². The minimum Gasteiger partial charge on any atom is -0.481 e. The minimum atomic E-state index is -0.712. The first kappa shape index (κ1) is 11.9. The fraction of sp³-hybridized carbons (Fsp3) is 0.357. The molecule has 0 amide bonds. The molecule has 1 fully saturated rings. The van der Waals surface area contributed by atoms with Crippen LogP contribution in [0.3, 0.4) is 0 Å². The maximum absolute atomic E-state index is 10.9. The fourth-order valence-electron chi connectivity index (χ4n) is 2.20. The van der Waals surface area contributed by atoms with E-state index in [2.05, 4.69) is 18.0 Å². The molecule has 17 heavy (non-hydrogen) atoms. The van der Waals surface area contributed by atoms with Crippen LogP contribution in [0.1, 0.15) is 30.5 Å². The van der Waals surface area contributed by atoms with Gasteiger partial charge in [-0.05, 0) is 30.5 Å². The van der Waals surface area contributed by atoms with Crippen LogP contribution in [0, 0.1) is 5.92 Å². The molecular weight excluding hydrogens is 214 g/mol. The molecule has 90 valence electrons. The third kappa shape index (κ3) is 2.56. The summed E-state index contributed by atoms with van der Waals surface area (Å²) in [5.41, 5.74) is 3.29. The highest BCUT2D eigenvalue weighted by atomic mass is 16.4. The number of carbonyl (C=O) groups is 1. The zero-order valence-corrected chi connectivity index (χ0v) is 9.94. The number of benzene rings is 1. The van der Waals surface area contributed by atoms with Gasteiger partial charge in [-0.25, -0.2) is 0 Å². The molecule has 1 aromatic carbocycles. The highest BCUT2D eigenvalue weighted by molar-refractivity contribution is 5.71. The Balaban J connectivity index is 2.16. The van der Waals surface area contributed by atoms with Gasteiger partial charge in [-0.2, -0.15) is 0 Å². The summed E-state index contributed by atoms with van der Waals surface area (Å²) < 4.78 is 0. The summed E-state index contributed by atoms with van der Waals surface area (Å²) in [6.07, 6.45) is 0.662. The highest BCUT2D eigenvalue weighted by Gasteiger charge is 2.29. The second-order valence-electron chi connectivity index (χ2n) is 4.64. The van der Waals surface area contributed by atoms with Crippen LogP contribution < -0.4 is 5.32 Å². The van der Waals surface area contributed by atoms with E-state index in [4.69, 9.17) is 5.11 Å². The van der Waals surface area contributed by atoms with Crippen molar-refractivity contribution >= 4 is 11.5 Å². The van der Waals surface area contributed by atoms with E-state index >= 15 is 0 Å². The summed E-state index contributed by atoms with van der Waals surface area (Å²) in [5.74, 6) is -0.982. The van der Waals surface area contributed by atoms with Crippen molar-refractivity contribution in [2.45, 2.75) is 19.4 Å². The summed E-state index contributed by atoms with van der Waals surface area (Å²) in [7, 11) is 0. The Kier molecular flexibility index (Phi) is 3.29. The lowest BCUT2D eigenvalue weighted by Crippen LogP contribution is -2.17. The molecule has 0 saturated carbocycles. The minimum absolute atomic E-state index is 0.149. The first-order chi connectivity index (χ1) is 8.08. The molecule has 0 aromatic heterocycles. The van der Waals surface area contributed by atoms with Crippen molar-refractivity contribution in [1.82, 2.24) is 5.32 Å². The number of allylic oxidation sites excluding steroid dienone is 1. The van der Waals surface area contributed by atoms with Gasteiger partial charge in [-0.3, -0.25) is 4.79 Å². The molecule has 0 bridgehead atoms. The van der Waals surface area contributed by atoms with Crippen molar-refractivity contribution in [3.05, 3.63) is 42.0 Å². The first-order valence-corrected chi connectivity index (χ1v) is 5.80. The average Bonchev–Trinajstić information content (AvgIpc) is 2.78. The fourth-order valence-corrected chi connectivity index (χ4v) is 2.20. The smallest absolute Gasteiger partial charge is 0.307 e. The molecule has 2 N–H and O–H groups in total. The van der Waals surface area contributed by atoms with Crippen LogP contribution >= 0.6 is 0 Å². The predicted octanol–water partition coefficient (Wildman–Crippen LogP) is 2.45. The molecule has 1 aliphatic heterocycles. The molecule has 0 aliphatic carbocycles. The molecule has 2 rings (SSSR count). The van der Waals surface area contributed by atoms with Gasteiger partial charge in [0, 0.05) is 12.6 Å². The summed E-state index contributed by atoms with van der Waals surface area (Å²) in [5, 5.41) is 12.2. The lowest BCUT2D eigenvalue weighted by molar-refractivity contribution is -0.141. The van der Waals surface area contributed by atoms with Crippen LogP contribution in [0.15, 0.2) is 30.8 Å². The Morgan fingerprint density at radius 3 is 2.88 bits per heavy atom. The molecule has 3 heteroatoms. The normalized spacial score (nSPS) is 23.6. The first-order valence-electron chi connectivity index (χ1n) is 5.80. The molecular formula is C14H17NO2. The predicted molar refractivity (Wildman–Crippen MR) is 67.6 cm³/mol. The summed E-state index contributed by atoms with van der Waals surface area (Å²) in [6, 6.07) is 8.29. The van der Waals surface area contributed by atoms with Crippen LogP contribution in [0.5, 0.6) is 0 Å². The van der Waals surface area contributed by atoms with E-state index in [1.165, 1.54) is 0 Å². The van der Waals surface area contributed by atoms with E-state index in [1.54, 1.807) is 0 Å². The molecule has 1 aromatic rings. The standard InChI is InChI=1S/C14H17NO2/c1-9(2)10-4-3-5-11(6-10)13-7-12(8-15-13)14(16)17/h3-6,12-13,15H,1,7-8H2,2H3,(H,16,17). The van der Waals surface area contributed by atoms with Crippen LogP contribution in [-0.2, 0) is 4.79 Å². The van der Waals surface area contributed by atoms with Gasteiger partial charge in [0.25, 0.3) is 0 Å². The Bertz CT molecular complexity index is 453. The zero-order valence-electron chi connectivity index (χ0n) is 9.94. The summed E-state index contributed by atoms with van der Waals surface area (Å²) >= 11 is 0. The Labute approximate surface area is 101 Å². The quantitative estimate of drug-likeness (QED) is 0.840. The third-order valence-electron chi connectivity index (χ3n) is 3.26. The number of aliphatic carboxylic acids is 1. The van der Waals surface area contributed by atoms with Crippen molar-refractivity contribution < 1.29 is 9.90 Å². The van der Waals surface area contributed by atoms with E-state index in [0.29, 0.717) is 13.0 Å². The lowest BCUT2D eigenvalue weighted by Gasteiger charge is -2.12.